The number of carbonyl (C=O) groups excluding carboxylic acids is 1. The van der Waals surface area contributed by atoms with Crippen LogP contribution in [0.1, 0.15) is 31.1 Å². The third-order valence-corrected chi connectivity index (χ3v) is 4.59. The number of hydrogen-bond donors (Lipinski definition) is 2. The van der Waals surface area contributed by atoms with Crippen LogP contribution >= 0.6 is 0 Å². The van der Waals surface area contributed by atoms with Crippen LogP contribution in [0.25, 0.3) is 11.1 Å². The predicted molar refractivity (Wildman–Crippen MR) is 116 cm³/mol. The zero-order valence-corrected chi connectivity index (χ0v) is 17.0. The molecule has 0 atom stereocenters. The fourth-order valence-electron chi connectivity index (χ4n) is 3.32. The van der Waals surface area contributed by atoms with Crippen LogP contribution in [0.5, 0.6) is 17.2 Å². The summed E-state index contributed by atoms with van der Waals surface area (Å²) in [7, 11) is 1.59. The lowest BCUT2D eigenvalue weighted by Gasteiger charge is -2.22. The summed E-state index contributed by atoms with van der Waals surface area (Å²) < 4.78 is 11.2. The second kappa shape index (κ2) is 7.17. The summed E-state index contributed by atoms with van der Waals surface area (Å²) in [5, 5.41) is 6.40. The molecule has 3 aromatic carbocycles. The first kappa shape index (κ1) is 18.9. The van der Waals surface area contributed by atoms with E-state index in [1.54, 1.807) is 25.3 Å². The van der Waals surface area contributed by atoms with Crippen molar-refractivity contribution in [1.29, 1.82) is 0 Å². The molecule has 0 saturated heterocycles. The van der Waals surface area contributed by atoms with Gasteiger partial charge in [0.2, 0.25) is 0 Å². The standard InChI is InChI=1S/C24H24N2O3/c1-24(2,3)26-17-7-5-6-15(12-17)16-8-10-21-19(13-16)23(27)25-20-14-18(28-4)9-11-22(20)29-21/h5-14,26H,1-4H3,(H,25,27). The van der Waals surface area contributed by atoms with Crippen LogP contribution in [-0.4, -0.2) is 18.6 Å². The molecule has 4 rings (SSSR count). The molecule has 0 unspecified atom stereocenters. The van der Waals surface area contributed by atoms with Crippen molar-refractivity contribution in [2.45, 2.75) is 26.3 Å². The maximum Gasteiger partial charge on any atom is 0.259 e. The Balaban J connectivity index is 1.69. The molecular formula is C24H24N2O3. The summed E-state index contributed by atoms with van der Waals surface area (Å²) in [4.78, 5) is 12.9. The molecule has 0 spiro atoms. The molecule has 0 aliphatic carbocycles. The van der Waals surface area contributed by atoms with Gasteiger partial charge in [0.1, 0.15) is 11.5 Å². The van der Waals surface area contributed by atoms with Crippen LogP contribution in [0.15, 0.2) is 60.7 Å². The molecular weight excluding hydrogens is 364 g/mol. The number of methoxy groups -OCH3 is 1. The highest BCUT2D eigenvalue weighted by atomic mass is 16.5. The van der Waals surface area contributed by atoms with Gasteiger partial charge in [0, 0.05) is 17.3 Å². The van der Waals surface area contributed by atoms with Crippen molar-refractivity contribution in [3.05, 3.63) is 66.2 Å². The Hall–Kier alpha value is -3.47. The van der Waals surface area contributed by atoms with Crippen LogP contribution in [0.2, 0.25) is 0 Å². The average Bonchev–Trinajstić information content (AvgIpc) is 2.81. The van der Waals surface area contributed by atoms with E-state index in [9.17, 15) is 4.79 Å². The number of ether oxygens (including phenoxy) is 2. The van der Waals surface area contributed by atoms with Gasteiger partial charge in [0.15, 0.2) is 5.75 Å². The number of benzene rings is 3. The Morgan fingerprint density at radius 3 is 2.45 bits per heavy atom. The fraction of sp³-hybridized carbons (Fsp3) is 0.208. The number of rotatable bonds is 3. The third-order valence-electron chi connectivity index (χ3n) is 4.59. The van der Waals surface area contributed by atoms with Crippen molar-refractivity contribution in [2.75, 3.05) is 17.7 Å². The van der Waals surface area contributed by atoms with E-state index in [4.69, 9.17) is 9.47 Å². The topological polar surface area (TPSA) is 59.6 Å². The Morgan fingerprint density at radius 2 is 1.69 bits per heavy atom. The molecule has 2 N–H and O–H groups in total. The molecule has 148 valence electrons. The van der Waals surface area contributed by atoms with E-state index >= 15 is 0 Å². The Kier molecular flexibility index (Phi) is 4.66. The monoisotopic (exact) mass is 388 g/mol. The lowest BCUT2D eigenvalue weighted by atomic mass is 10.0. The first-order chi connectivity index (χ1) is 13.8. The van der Waals surface area contributed by atoms with Crippen molar-refractivity contribution in [2.24, 2.45) is 0 Å². The first-order valence-electron chi connectivity index (χ1n) is 9.52. The van der Waals surface area contributed by atoms with Gasteiger partial charge in [-0.2, -0.15) is 0 Å². The van der Waals surface area contributed by atoms with Gasteiger partial charge in [0.05, 0.1) is 18.4 Å². The number of hydrogen-bond acceptors (Lipinski definition) is 4. The van der Waals surface area contributed by atoms with Crippen molar-refractivity contribution in [1.82, 2.24) is 0 Å². The minimum absolute atomic E-state index is 0.0348. The summed E-state index contributed by atoms with van der Waals surface area (Å²) in [6, 6.07) is 19.2. The highest BCUT2D eigenvalue weighted by Crippen LogP contribution is 2.39. The number of carbonyl (C=O) groups is 1. The van der Waals surface area contributed by atoms with Crippen LogP contribution in [-0.2, 0) is 0 Å². The smallest absolute Gasteiger partial charge is 0.259 e. The molecule has 0 radical (unpaired) electrons. The molecule has 1 amide bonds. The molecule has 0 aromatic heterocycles. The SMILES string of the molecule is COc1ccc2c(c1)NC(=O)c1cc(-c3cccc(NC(C)(C)C)c3)ccc1O2. The van der Waals surface area contributed by atoms with E-state index in [1.165, 1.54) is 0 Å². The van der Waals surface area contributed by atoms with Crippen molar-refractivity contribution >= 4 is 17.3 Å². The normalized spacial score (nSPS) is 12.8. The summed E-state index contributed by atoms with van der Waals surface area (Å²) in [5.74, 6) is 1.56. The summed E-state index contributed by atoms with van der Waals surface area (Å²) in [6.45, 7) is 6.36. The molecule has 0 bridgehead atoms. The molecule has 1 heterocycles. The summed E-state index contributed by atoms with van der Waals surface area (Å²) in [5.41, 5.74) is 4.05. The number of nitrogens with one attached hydrogen (secondary N) is 2. The second-order valence-corrected chi connectivity index (χ2v) is 8.09. The van der Waals surface area contributed by atoms with Gasteiger partial charge in [0.25, 0.3) is 5.91 Å². The number of amides is 1. The molecule has 3 aromatic rings. The Morgan fingerprint density at radius 1 is 0.931 bits per heavy atom. The lowest BCUT2D eigenvalue weighted by Crippen LogP contribution is -2.25. The molecule has 5 heteroatoms. The molecule has 1 aliphatic heterocycles. The minimum Gasteiger partial charge on any atom is -0.497 e. The van der Waals surface area contributed by atoms with E-state index in [-0.39, 0.29) is 11.4 Å². The maximum atomic E-state index is 12.9. The van der Waals surface area contributed by atoms with Crippen LogP contribution in [0, 0.1) is 0 Å². The quantitative estimate of drug-likeness (QED) is 0.584. The molecule has 0 fully saturated rings. The third kappa shape index (κ3) is 4.04. The van der Waals surface area contributed by atoms with E-state index in [2.05, 4.69) is 37.5 Å². The largest absolute Gasteiger partial charge is 0.497 e. The van der Waals surface area contributed by atoms with E-state index < -0.39 is 0 Å². The van der Waals surface area contributed by atoms with Crippen LogP contribution in [0.3, 0.4) is 0 Å². The summed E-state index contributed by atoms with van der Waals surface area (Å²) in [6.07, 6.45) is 0. The molecule has 0 saturated carbocycles. The van der Waals surface area contributed by atoms with Gasteiger partial charge in [-0.1, -0.05) is 18.2 Å². The second-order valence-electron chi connectivity index (χ2n) is 8.09. The van der Waals surface area contributed by atoms with Crippen molar-refractivity contribution in [3.63, 3.8) is 0 Å². The van der Waals surface area contributed by atoms with E-state index in [0.29, 0.717) is 28.5 Å². The lowest BCUT2D eigenvalue weighted by molar-refractivity contribution is 0.102. The van der Waals surface area contributed by atoms with Gasteiger partial charge in [-0.15, -0.1) is 0 Å². The Bertz CT molecular complexity index is 1080. The molecule has 29 heavy (non-hydrogen) atoms. The predicted octanol–water partition coefficient (Wildman–Crippen LogP) is 5.93. The maximum absolute atomic E-state index is 12.9. The van der Waals surface area contributed by atoms with Gasteiger partial charge >= 0.3 is 0 Å². The first-order valence-corrected chi connectivity index (χ1v) is 9.52. The highest BCUT2D eigenvalue weighted by Gasteiger charge is 2.22. The van der Waals surface area contributed by atoms with Crippen LogP contribution < -0.4 is 20.1 Å². The molecule has 1 aliphatic rings. The van der Waals surface area contributed by atoms with Gasteiger partial charge in [-0.25, -0.2) is 0 Å². The number of fused-ring (bicyclic) bond motifs is 2. The van der Waals surface area contributed by atoms with E-state index in [1.807, 2.05) is 36.4 Å². The zero-order valence-electron chi connectivity index (χ0n) is 17.0. The highest BCUT2D eigenvalue weighted by molar-refractivity contribution is 6.08. The van der Waals surface area contributed by atoms with Crippen molar-refractivity contribution < 1.29 is 14.3 Å². The van der Waals surface area contributed by atoms with E-state index in [0.717, 1.165) is 16.8 Å². The van der Waals surface area contributed by atoms with Gasteiger partial charge in [-0.3, -0.25) is 4.79 Å². The molecule has 5 nitrogen and oxygen atoms in total. The average molecular weight is 388 g/mol. The van der Waals surface area contributed by atoms with Crippen LogP contribution in [0.4, 0.5) is 11.4 Å². The van der Waals surface area contributed by atoms with Gasteiger partial charge < -0.3 is 20.1 Å². The number of anilines is 2. The minimum atomic E-state index is -0.210. The Labute approximate surface area is 170 Å². The van der Waals surface area contributed by atoms with Gasteiger partial charge in [-0.05, 0) is 68.3 Å². The zero-order chi connectivity index (χ0) is 20.6. The fourth-order valence-corrected chi connectivity index (χ4v) is 3.32. The van der Waals surface area contributed by atoms with Crippen molar-refractivity contribution in [3.8, 4) is 28.4 Å². The summed E-state index contributed by atoms with van der Waals surface area (Å²) >= 11 is 0.